The van der Waals surface area contributed by atoms with Crippen molar-refractivity contribution in [2.75, 3.05) is 5.32 Å². The molecule has 0 aliphatic heterocycles. The lowest BCUT2D eigenvalue weighted by Gasteiger charge is -2.27. The van der Waals surface area contributed by atoms with Gasteiger partial charge in [-0.05, 0) is 25.7 Å². The molecule has 19 heavy (non-hydrogen) atoms. The van der Waals surface area contributed by atoms with Crippen LogP contribution in [-0.2, 0) is 6.54 Å². The van der Waals surface area contributed by atoms with Gasteiger partial charge in [0, 0.05) is 12.1 Å². The SMILES string of the molecule is CC(C)Cn1ncc(NC2(C)CCCC2)c(Cl)c1=O. The topological polar surface area (TPSA) is 46.9 Å². The zero-order chi connectivity index (χ0) is 14.0. The summed E-state index contributed by atoms with van der Waals surface area (Å²) in [7, 11) is 0. The van der Waals surface area contributed by atoms with Crippen LogP contribution in [0.5, 0.6) is 0 Å². The highest BCUT2D eigenvalue weighted by atomic mass is 35.5. The van der Waals surface area contributed by atoms with Crippen molar-refractivity contribution in [2.24, 2.45) is 5.92 Å². The summed E-state index contributed by atoms with van der Waals surface area (Å²) in [4.78, 5) is 12.1. The fourth-order valence-electron chi connectivity index (χ4n) is 2.63. The summed E-state index contributed by atoms with van der Waals surface area (Å²) in [6.45, 7) is 6.87. The predicted octanol–water partition coefficient (Wildman–Crippen LogP) is 3.30. The van der Waals surface area contributed by atoms with Gasteiger partial charge in [0.15, 0.2) is 0 Å². The van der Waals surface area contributed by atoms with Crippen LogP contribution in [0.15, 0.2) is 11.0 Å². The number of hydrogen-bond donors (Lipinski definition) is 1. The Morgan fingerprint density at radius 2 is 2.11 bits per heavy atom. The van der Waals surface area contributed by atoms with Gasteiger partial charge in [-0.1, -0.05) is 38.3 Å². The Morgan fingerprint density at radius 3 is 2.68 bits per heavy atom. The molecule has 0 radical (unpaired) electrons. The number of nitrogens with zero attached hydrogens (tertiary/aromatic N) is 2. The molecule has 0 saturated heterocycles. The van der Waals surface area contributed by atoms with E-state index in [-0.39, 0.29) is 16.1 Å². The van der Waals surface area contributed by atoms with Gasteiger partial charge in [-0.2, -0.15) is 5.10 Å². The van der Waals surface area contributed by atoms with E-state index in [0.717, 1.165) is 12.8 Å². The van der Waals surface area contributed by atoms with E-state index in [1.807, 2.05) is 13.8 Å². The van der Waals surface area contributed by atoms with Crippen molar-refractivity contribution < 1.29 is 0 Å². The van der Waals surface area contributed by atoms with Gasteiger partial charge in [-0.25, -0.2) is 4.68 Å². The standard InChI is InChI=1S/C14H22ClN3O/c1-10(2)9-18-13(19)12(15)11(8-16-18)17-14(3)6-4-5-7-14/h8,10,17H,4-7,9H2,1-3H3. The van der Waals surface area contributed by atoms with Crippen molar-refractivity contribution in [2.45, 2.75) is 58.5 Å². The first kappa shape index (κ1) is 14.4. The highest BCUT2D eigenvalue weighted by molar-refractivity contribution is 6.32. The maximum Gasteiger partial charge on any atom is 0.287 e. The fourth-order valence-corrected chi connectivity index (χ4v) is 2.83. The second kappa shape index (κ2) is 5.53. The number of halogens is 1. The predicted molar refractivity (Wildman–Crippen MR) is 78.8 cm³/mol. The van der Waals surface area contributed by atoms with Crippen LogP contribution in [0.4, 0.5) is 5.69 Å². The summed E-state index contributed by atoms with van der Waals surface area (Å²) in [5, 5.41) is 7.86. The first-order valence-electron chi connectivity index (χ1n) is 6.95. The minimum absolute atomic E-state index is 0.0436. The van der Waals surface area contributed by atoms with Crippen molar-refractivity contribution >= 4 is 17.3 Å². The van der Waals surface area contributed by atoms with Gasteiger partial charge < -0.3 is 5.32 Å². The Hall–Kier alpha value is -1.03. The van der Waals surface area contributed by atoms with Gasteiger partial charge >= 0.3 is 0 Å². The summed E-state index contributed by atoms with van der Waals surface area (Å²) in [5.74, 6) is 0.368. The number of rotatable bonds is 4. The van der Waals surface area contributed by atoms with E-state index in [2.05, 4.69) is 17.3 Å². The van der Waals surface area contributed by atoms with E-state index in [1.54, 1.807) is 6.20 Å². The molecule has 4 nitrogen and oxygen atoms in total. The van der Waals surface area contributed by atoms with Crippen LogP contribution < -0.4 is 10.9 Å². The van der Waals surface area contributed by atoms with Gasteiger partial charge in [0.25, 0.3) is 5.56 Å². The molecule has 1 aliphatic carbocycles. The Morgan fingerprint density at radius 1 is 1.47 bits per heavy atom. The normalized spacial score (nSPS) is 17.9. The van der Waals surface area contributed by atoms with Crippen LogP contribution in [0.25, 0.3) is 0 Å². The van der Waals surface area contributed by atoms with E-state index < -0.39 is 0 Å². The Bertz CT molecular complexity index is 504. The Labute approximate surface area is 119 Å². The molecule has 1 aromatic heterocycles. The third-order valence-corrected chi connectivity index (χ3v) is 4.03. The van der Waals surface area contributed by atoms with Crippen LogP contribution in [0.3, 0.4) is 0 Å². The number of hydrogen-bond acceptors (Lipinski definition) is 3. The number of aromatic nitrogens is 2. The van der Waals surface area contributed by atoms with E-state index in [1.165, 1.54) is 17.5 Å². The van der Waals surface area contributed by atoms with Crippen LogP contribution in [0, 0.1) is 5.92 Å². The smallest absolute Gasteiger partial charge is 0.287 e. The number of nitrogens with one attached hydrogen (secondary N) is 1. The van der Waals surface area contributed by atoms with Crippen LogP contribution in [0.2, 0.25) is 5.02 Å². The quantitative estimate of drug-likeness (QED) is 0.922. The van der Waals surface area contributed by atoms with Crippen LogP contribution in [-0.4, -0.2) is 15.3 Å². The maximum atomic E-state index is 12.1. The molecular formula is C14H22ClN3O. The molecule has 1 saturated carbocycles. The van der Waals surface area contributed by atoms with Crippen LogP contribution >= 0.6 is 11.6 Å². The zero-order valence-corrected chi connectivity index (χ0v) is 12.6. The molecule has 2 rings (SSSR count). The molecule has 0 unspecified atom stereocenters. The van der Waals surface area contributed by atoms with Crippen molar-refractivity contribution in [1.29, 1.82) is 0 Å². The molecule has 0 aromatic carbocycles. The fraction of sp³-hybridized carbons (Fsp3) is 0.714. The van der Waals surface area contributed by atoms with Crippen molar-refractivity contribution in [3.05, 3.63) is 21.6 Å². The largest absolute Gasteiger partial charge is 0.377 e. The molecule has 0 amide bonds. The molecule has 1 aromatic rings. The van der Waals surface area contributed by atoms with Gasteiger partial charge in [-0.3, -0.25) is 4.79 Å². The van der Waals surface area contributed by atoms with Gasteiger partial charge in [0.05, 0.1) is 11.9 Å². The lowest BCUT2D eigenvalue weighted by Crippen LogP contribution is -2.33. The zero-order valence-electron chi connectivity index (χ0n) is 11.9. The lowest BCUT2D eigenvalue weighted by atomic mass is 10.0. The lowest BCUT2D eigenvalue weighted by molar-refractivity contribution is 0.463. The maximum absolute atomic E-state index is 12.1. The number of anilines is 1. The highest BCUT2D eigenvalue weighted by Gasteiger charge is 2.29. The van der Waals surface area contributed by atoms with E-state index in [4.69, 9.17) is 11.6 Å². The van der Waals surface area contributed by atoms with Crippen LogP contribution in [0.1, 0.15) is 46.5 Å². The molecule has 0 spiro atoms. The second-order valence-corrected chi connectivity index (χ2v) is 6.52. The van der Waals surface area contributed by atoms with Gasteiger partial charge in [0.1, 0.15) is 5.02 Å². The van der Waals surface area contributed by atoms with E-state index >= 15 is 0 Å². The molecular weight excluding hydrogens is 262 g/mol. The molecule has 1 heterocycles. The molecule has 0 bridgehead atoms. The summed E-state index contributed by atoms with van der Waals surface area (Å²) in [6.07, 6.45) is 6.34. The summed E-state index contributed by atoms with van der Waals surface area (Å²) < 4.78 is 1.44. The molecule has 1 N–H and O–H groups in total. The second-order valence-electron chi connectivity index (χ2n) is 6.15. The van der Waals surface area contributed by atoms with Crippen molar-refractivity contribution in [3.8, 4) is 0 Å². The minimum Gasteiger partial charge on any atom is -0.377 e. The monoisotopic (exact) mass is 283 g/mol. The van der Waals surface area contributed by atoms with Crippen molar-refractivity contribution in [1.82, 2.24) is 9.78 Å². The highest BCUT2D eigenvalue weighted by Crippen LogP contribution is 2.33. The van der Waals surface area contributed by atoms with Gasteiger partial charge in [-0.15, -0.1) is 0 Å². The Balaban J connectivity index is 2.23. The van der Waals surface area contributed by atoms with E-state index in [0.29, 0.717) is 18.2 Å². The van der Waals surface area contributed by atoms with Gasteiger partial charge in [0.2, 0.25) is 0 Å². The first-order valence-corrected chi connectivity index (χ1v) is 7.33. The third kappa shape index (κ3) is 3.30. The van der Waals surface area contributed by atoms with E-state index in [9.17, 15) is 4.79 Å². The Kier molecular flexibility index (Phi) is 4.19. The summed E-state index contributed by atoms with van der Waals surface area (Å²) >= 11 is 6.19. The first-order chi connectivity index (χ1) is 8.91. The molecule has 1 fully saturated rings. The summed E-state index contributed by atoms with van der Waals surface area (Å²) in [5.41, 5.74) is 0.500. The minimum atomic E-state index is -0.207. The van der Waals surface area contributed by atoms with Crippen molar-refractivity contribution in [3.63, 3.8) is 0 Å². The average molecular weight is 284 g/mol. The summed E-state index contributed by atoms with van der Waals surface area (Å²) in [6, 6.07) is 0. The molecule has 5 heteroatoms. The molecule has 0 atom stereocenters. The average Bonchev–Trinajstić information content (AvgIpc) is 2.75. The third-order valence-electron chi connectivity index (χ3n) is 3.67. The molecule has 106 valence electrons. The molecule has 1 aliphatic rings.